The van der Waals surface area contributed by atoms with Gasteiger partial charge in [0.1, 0.15) is 17.7 Å². The van der Waals surface area contributed by atoms with E-state index in [4.69, 9.17) is 4.42 Å². The molecule has 1 heterocycles. The molecule has 3 amide bonds. The maximum absolute atomic E-state index is 13.7. The second-order valence-electron chi connectivity index (χ2n) is 8.75. The molecule has 9 heteroatoms. The SMILES string of the molecule is O=C(NCC(=O)N(Cc1ccc(F)cc1)[C@H](C(=O)NC1CCCC1)c1ccc(F)cc1)c1ccco1. The standard InChI is InChI=1S/C27H27F2N3O4/c28-20-11-7-18(8-12-20)17-32(24(33)16-30-26(34)23-6-3-15-36-23)25(19-9-13-21(29)14-10-19)27(35)31-22-4-1-2-5-22/h3,6-15,22,25H,1-2,4-5,16-17H2,(H,30,34)(H,31,35)/t25-/m0/s1. The van der Waals surface area contributed by atoms with Gasteiger partial charge < -0.3 is 20.0 Å². The molecule has 1 aromatic heterocycles. The summed E-state index contributed by atoms with van der Waals surface area (Å²) >= 11 is 0. The summed E-state index contributed by atoms with van der Waals surface area (Å²) in [4.78, 5) is 40.6. The van der Waals surface area contributed by atoms with Crippen LogP contribution in [0.3, 0.4) is 0 Å². The van der Waals surface area contributed by atoms with Crippen molar-refractivity contribution in [2.75, 3.05) is 6.54 Å². The minimum Gasteiger partial charge on any atom is -0.459 e. The Kier molecular flexibility index (Phi) is 8.10. The van der Waals surface area contributed by atoms with E-state index < -0.39 is 41.9 Å². The lowest BCUT2D eigenvalue weighted by Crippen LogP contribution is -2.48. The van der Waals surface area contributed by atoms with Crippen molar-refractivity contribution in [2.24, 2.45) is 0 Å². The molecule has 0 aliphatic heterocycles. The van der Waals surface area contributed by atoms with Crippen molar-refractivity contribution in [2.45, 2.75) is 44.3 Å². The second-order valence-corrected chi connectivity index (χ2v) is 8.75. The summed E-state index contributed by atoms with van der Waals surface area (Å²) in [6, 6.07) is 12.9. The van der Waals surface area contributed by atoms with Crippen molar-refractivity contribution in [1.82, 2.24) is 15.5 Å². The van der Waals surface area contributed by atoms with Crippen LogP contribution in [0.1, 0.15) is 53.4 Å². The van der Waals surface area contributed by atoms with Crippen LogP contribution in [0, 0.1) is 11.6 Å². The van der Waals surface area contributed by atoms with Gasteiger partial charge in [0.2, 0.25) is 11.8 Å². The molecule has 1 saturated carbocycles. The number of halogens is 2. The van der Waals surface area contributed by atoms with Gasteiger partial charge in [-0.25, -0.2) is 8.78 Å². The number of carbonyl (C=O) groups excluding carboxylic acids is 3. The Bertz CT molecular complexity index is 1170. The zero-order valence-corrected chi connectivity index (χ0v) is 19.6. The fraction of sp³-hybridized carbons (Fsp3) is 0.296. The highest BCUT2D eigenvalue weighted by Gasteiger charge is 2.33. The van der Waals surface area contributed by atoms with E-state index in [-0.39, 0.29) is 18.3 Å². The summed E-state index contributed by atoms with van der Waals surface area (Å²) in [6.45, 7) is -0.439. The fourth-order valence-corrected chi connectivity index (χ4v) is 4.33. The number of amides is 3. The highest BCUT2D eigenvalue weighted by molar-refractivity contribution is 5.95. The van der Waals surface area contributed by atoms with Crippen LogP contribution in [0.25, 0.3) is 0 Å². The molecule has 0 radical (unpaired) electrons. The first-order valence-corrected chi connectivity index (χ1v) is 11.8. The third-order valence-corrected chi connectivity index (χ3v) is 6.18. The van der Waals surface area contributed by atoms with Crippen molar-refractivity contribution >= 4 is 17.7 Å². The maximum atomic E-state index is 13.7. The molecule has 0 unspecified atom stereocenters. The second kappa shape index (κ2) is 11.6. The summed E-state index contributed by atoms with van der Waals surface area (Å²) in [6.07, 6.45) is 5.03. The van der Waals surface area contributed by atoms with Gasteiger partial charge >= 0.3 is 0 Å². The lowest BCUT2D eigenvalue weighted by molar-refractivity contribution is -0.141. The van der Waals surface area contributed by atoms with Crippen LogP contribution >= 0.6 is 0 Å². The van der Waals surface area contributed by atoms with Gasteiger partial charge in [0.05, 0.1) is 12.8 Å². The van der Waals surface area contributed by atoms with Gasteiger partial charge in [-0.2, -0.15) is 0 Å². The van der Waals surface area contributed by atoms with Crippen LogP contribution in [0.4, 0.5) is 8.78 Å². The molecule has 36 heavy (non-hydrogen) atoms. The molecule has 2 N–H and O–H groups in total. The summed E-state index contributed by atoms with van der Waals surface area (Å²) in [5.74, 6) is -2.39. The van der Waals surface area contributed by atoms with Gasteiger partial charge in [0.15, 0.2) is 5.76 Å². The molecule has 1 aliphatic carbocycles. The minimum absolute atomic E-state index is 0.0122. The third kappa shape index (κ3) is 6.35. The molecule has 188 valence electrons. The quantitative estimate of drug-likeness (QED) is 0.467. The van der Waals surface area contributed by atoms with Crippen LogP contribution in [0.15, 0.2) is 71.3 Å². The first kappa shape index (κ1) is 25.1. The third-order valence-electron chi connectivity index (χ3n) is 6.18. The van der Waals surface area contributed by atoms with E-state index >= 15 is 0 Å². The van der Waals surface area contributed by atoms with E-state index in [1.165, 1.54) is 65.8 Å². The average Bonchev–Trinajstić information content (AvgIpc) is 3.59. The van der Waals surface area contributed by atoms with E-state index in [2.05, 4.69) is 10.6 Å². The van der Waals surface area contributed by atoms with E-state index in [0.29, 0.717) is 11.1 Å². The molecule has 7 nitrogen and oxygen atoms in total. The normalized spacial score (nSPS) is 14.3. The Morgan fingerprint density at radius 3 is 2.19 bits per heavy atom. The summed E-state index contributed by atoms with van der Waals surface area (Å²) in [7, 11) is 0. The fourth-order valence-electron chi connectivity index (χ4n) is 4.33. The van der Waals surface area contributed by atoms with E-state index in [1.54, 1.807) is 6.07 Å². The van der Waals surface area contributed by atoms with Gasteiger partial charge in [0, 0.05) is 12.6 Å². The van der Waals surface area contributed by atoms with Crippen LogP contribution in [0.5, 0.6) is 0 Å². The Morgan fingerprint density at radius 2 is 1.58 bits per heavy atom. The van der Waals surface area contributed by atoms with Gasteiger partial charge in [-0.15, -0.1) is 0 Å². The van der Waals surface area contributed by atoms with Crippen molar-refractivity contribution in [1.29, 1.82) is 0 Å². The Balaban J connectivity index is 1.63. The van der Waals surface area contributed by atoms with Gasteiger partial charge in [-0.3, -0.25) is 14.4 Å². The lowest BCUT2D eigenvalue weighted by atomic mass is 10.0. The lowest BCUT2D eigenvalue weighted by Gasteiger charge is -2.32. The Morgan fingerprint density at radius 1 is 0.944 bits per heavy atom. The molecule has 1 fully saturated rings. The number of carbonyl (C=O) groups is 3. The molecule has 0 saturated heterocycles. The van der Waals surface area contributed by atoms with Gasteiger partial charge in [-0.05, 0) is 60.4 Å². The molecule has 1 aliphatic rings. The van der Waals surface area contributed by atoms with Crippen LogP contribution in [0.2, 0.25) is 0 Å². The van der Waals surface area contributed by atoms with E-state index in [0.717, 1.165) is 25.7 Å². The zero-order valence-electron chi connectivity index (χ0n) is 19.6. The van der Waals surface area contributed by atoms with Crippen LogP contribution in [-0.4, -0.2) is 35.2 Å². The molecule has 0 bridgehead atoms. The molecular weight excluding hydrogens is 468 g/mol. The van der Waals surface area contributed by atoms with Crippen LogP contribution in [-0.2, 0) is 16.1 Å². The van der Waals surface area contributed by atoms with E-state index in [9.17, 15) is 23.2 Å². The minimum atomic E-state index is -1.09. The predicted octanol–water partition coefficient (Wildman–Crippen LogP) is 4.12. The van der Waals surface area contributed by atoms with Gasteiger partial charge in [0.25, 0.3) is 5.91 Å². The molecule has 2 aromatic carbocycles. The highest BCUT2D eigenvalue weighted by Crippen LogP contribution is 2.26. The number of furan rings is 1. The molecular formula is C27H27F2N3O4. The topological polar surface area (TPSA) is 91.7 Å². The van der Waals surface area contributed by atoms with Crippen LogP contribution < -0.4 is 10.6 Å². The Labute approximate surface area is 207 Å². The number of hydrogen-bond donors (Lipinski definition) is 2. The molecule has 1 atom stereocenters. The first-order chi connectivity index (χ1) is 17.4. The summed E-state index contributed by atoms with van der Waals surface area (Å²) in [5.41, 5.74) is 1.00. The number of rotatable bonds is 9. The number of benzene rings is 2. The predicted molar refractivity (Wildman–Crippen MR) is 128 cm³/mol. The van der Waals surface area contributed by atoms with E-state index in [1.807, 2.05) is 0 Å². The monoisotopic (exact) mass is 495 g/mol. The number of hydrogen-bond acceptors (Lipinski definition) is 4. The smallest absolute Gasteiger partial charge is 0.287 e. The van der Waals surface area contributed by atoms with Crippen molar-refractivity contribution < 1.29 is 27.6 Å². The molecule has 0 spiro atoms. The number of nitrogens with zero attached hydrogens (tertiary/aromatic N) is 1. The molecule has 3 aromatic rings. The summed E-state index contributed by atoms with van der Waals surface area (Å²) < 4.78 is 32.3. The zero-order chi connectivity index (χ0) is 25.5. The largest absolute Gasteiger partial charge is 0.459 e. The van der Waals surface area contributed by atoms with Gasteiger partial charge in [-0.1, -0.05) is 37.1 Å². The maximum Gasteiger partial charge on any atom is 0.287 e. The van der Waals surface area contributed by atoms with Crippen molar-refractivity contribution in [3.05, 3.63) is 95.4 Å². The first-order valence-electron chi connectivity index (χ1n) is 11.8. The van der Waals surface area contributed by atoms with Crippen molar-refractivity contribution in [3.63, 3.8) is 0 Å². The molecule has 4 rings (SSSR count). The van der Waals surface area contributed by atoms with Crippen molar-refractivity contribution in [3.8, 4) is 0 Å². The Hall–Kier alpha value is -4.01. The number of nitrogens with one attached hydrogen (secondary N) is 2. The summed E-state index contributed by atoms with van der Waals surface area (Å²) in [5, 5.41) is 5.53. The average molecular weight is 496 g/mol. The highest BCUT2D eigenvalue weighted by atomic mass is 19.1.